The van der Waals surface area contributed by atoms with Gasteiger partial charge in [-0.1, -0.05) is 24.3 Å². The molecule has 1 aromatic rings. The zero-order valence-electron chi connectivity index (χ0n) is 11.8. The van der Waals surface area contributed by atoms with Gasteiger partial charge in [0.1, 0.15) is 0 Å². The van der Waals surface area contributed by atoms with Crippen molar-refractivity contribution < 1.29 is 13.2 Å². The van der Waals surface area contributed by atoms with Crippen molar-refractivity contribution in [1.82, 2.24) is 5.32 Å². The Hall–Kier alpha value is -1.66. The second-order valence-corrected chi connectivity index (χ2v) is 7.17. The summed E-state index contributed by atoms with van der Waals surface area (Å²) in [6.07, 6.45) is 3.19. The lowest BCUT2D eigenvalue weighted by Gasteiger charge is -2.10. The summed E-state index contributed by atoms with van der Waals surface area (Å²) in [5.41, 5.74) is 3.02. The second-order valence-electron chi connectivity index (χ2n) is 5.43. The number of primary sulfonamides is 1. The lowest BCUT2D eigenvalue weighted by atomic mass is 9.96. The van der Waals surface area contributed by atoms with E-state index in [1.807, 2.05) is 12.1 Å². The Balaban J connectivity index is 1.92. The number of carbonyl (C=O) groups excluding carboxylic acids is 1. The van der Waals surface area contributed by atoms with Crippen LogP contribution in [0.5, 0.6) is 0 Å². The van der Waals surface area contributed by atoms with Crippen molar-refractivity contribution >= 4 is 15.9 Å². The zero-order valence-corrected chi connectivity index (χ0v) is 12.7. The number of nitrogens with two attached hydrogens (primary N) is 1. The summed E-state index contributed by atoms with van der Waals surface area (Å²) >= 11 is 0. The Morgan fingerprint density at radius 2 is 2.00 bits per heavy atom. The molecule has 0 unspecified atom stereocenters. The van der Waals surface area contributed by atoms with Crippen LogP contribution in [-0.4, -0.2) is 26.6 Å². The normalized spacial score (nSPS) is 18.7. The van der Waals surface area contributed by atoms with Crippen LogP contribution >= 0.6 is 0 Å². The predicted molar refractivity (Wildman–Crippen MR) is 82.5 cm³/mol. The predicted octanol–water partition coefficient (Wildman–Crippen LogP) is 1.53. The number of carbonyl (C=O) groups is 1. The van der Waals surface area contributed by atoms with Gasteiger partial charge in [0.25, 0.3) is 5.91 Å². The molecule has 1 aliphatic carbocycles. The fourth-order valence-corrected chi connectivity index (χ4v) is 2.92. The Morgan fingerprint density at radius 1 is 1.33 bits per heavy atom. The molecule has 0 radical (unpaired) electrons. The van der Waals surface area contributed by atoms with Crippen LogP contribution in [-0.2, 0) is 10.0 Å². The van der Waals surface area contributed by atoms with Gasteiger partial charge in [-0.15, -0.1) is 0 Å². The first kappa shape index (κ1) is 15.7. The Bertz CT molecular complexity index is 635. The molecular formula is C15H20N2O3S. The monoisotopic (exact) mass is 308 g/mol. The minimum absolute atomic E-state index is 0.0157. The smallest absolute Gasteiger partial charge is 0.251 e. The maximum absolute atomic E-state index is 11.9. The summed E-state index contributed by atoms with van der Waals surface area (Å²) in [5, 5.41) is 7.41. The van der Waals surface area contributed by atoms with Crippen LogP contribution in [0.25, 0.3) is 0 Å². The number of hydrogen-bond donors (Lipinski definition) is 2. The van der Waals surface area contributed by atoms with E-state index in [2.05, 4.69) is 11.9 Å². The highest BCUT2D eigenvalue weighted by atomic mass is 32.2. The van der Waals surface area contributed by atoms with E-state index in [0.717, 1.165) is 19.3 Å². The van der Waals surface area contributed by atoms with Gasteiger partial charge in [0.15, 0.2) is 0 Å². The lowest BCUT2D eigenvalue weighted by Crippen LogP contribution is -2.31. The van der Waals surface area contributed by atoms with E-state index in [1.165, 1.54) is 11.1 Å². The third-order valence-electron chi connectivity index (χ3n) is 3.70. The van der Waals surface area contributed by atoms with Gasteiger partial charge in [0, 0.05) is 12.1 Å². The van der Waals surface area contributed by atoms with Crippen molar-refractivity contribution in [1.29, 1.82) is 0 Å². The van der Waals surface area contributed by atoms with Crippen LogP contribution in [0.2, 0.25) is 0 Å². The molecule has 1 atom stereocenters. The van der Waals surface area contributed by atoms with Gasteiger partial charge in [0.2, 0.25) is 10.0 Å². The molecule has 3 N–H and O–H groups in total. The molecule has 1 fully saturated rings. The number of amides is 1. The number of benzene rings is 1. The summed E-state index contributed by atoms with van der Waals surface area (Å²) in [7, 11) is -3.55. The van der Waals surface area contributed by atoms with Gasteiger partial charge < -0.3 is 5.32 Å². The van der Waals surface area contributed by atoms with Crippen LogP contribution in [0, 0.1) is 0 Å². The molecule has 114 valence electrons. The Morgan fingerprint density at radius 3 is 2.52 bits per heavy atom. The standard InChI is InChI=1S/C15H20N2O3S/c1-11-2-3-14(10-11)12-4-6-13(7-5-12)15(18)17-8-9-21(16,19)20/h4-7,14H,1-3,8-10H2,(H,17,18)(H2,16,19,20)/t14-/m0/s1. The van der Waals surface area contributed by atoms with E-state index >= 15 is 0 Å². The molecule has 6 heteroatoms. The molecule has 0 heterocycles. The van der Waals surface area contributed by atoms with Gasteiger partial charge >= 0.3 is 0 Å². The number of nitrogens with one attached hydrogen (secondary N) is 1. The molecule has 1 aromatic carbocycles. The average molecular weight is 308 g/mol. The van der Waals surface area contributed by atoms with Crippen molar-refractivity contribution in [3.05, 3.63) is 47.5 Å². The maximum atomic E-state index is 11.9. The van der Waals surface area contributed by atoms with Crippen molar-refractivity contribution in [3.8, 4) is 0 Å². The highest BCUT2D eigenvalue weighted by molar-refractivity contribution is 7.89. The fraction of sp³-hybridized carbons (Fsp3) is 0.400. The molecule has 1 aliphatic rings. The van der Waals surface area contributed by atoms with Crippen molar-refractivity contribution in [2.24, 2.45) is 5.14 Å². The highest BCUT2D eigenvalue weighted by Crippen LogP contribution is 2.36. The van der Waals surface area contributed by atoms with E-state index < -0.39 is 10.0 Å². The molecule has 2 rings (SSSR count). The summed E-state index contributed by atoms with van der Waals surface area (Å²) in [6, 6.07) is 7.45. The van der Waals surface area contributed by atoms with E-state index in [0.29, 0.717) is 11.5 Å². The van der Waals surface area contributed by atoms with Gasteiger partial charge in [-0.2, -0.15) is 0 Å². The van der Waals surface area contributed by atoms with Crippen molar-refractivity contribution in [2.45, 2.75) is 25.2 Å². The molecule has 0 saturated heterocycles. The largest absolute Gasteiger partial charge is 0.351 e. The maximum Gasteiger partial charge on any atom is 0.251 e. The minimum Gasteiger partial charge on any atom is -0.351 e. The van der Waals surface area contributed by atoms with E-state index in [4.69, 9.17) is 5.14 Å². The number of allylic oxidation sites excluding steroid dienone is 1. The zero-order chi connectivity index (χ0) is 15.5. The number of hydrogen-bond acceptors (Lipinski definition) is 3. The summed E-state index contributed by atoms with van der Waals surface area (Å²) < 4.78 is 21.6. The van der Waals surface area contributed by atoms with Gasteiger partial charge in [0.05, 0.1) is 5.75 Å². The first-order valence-electron chi connectivity index (χ1n) is 6.90. The molecular weight excluding hydrogens is 288 g/mol. The number of sulfonamides is 1. The van der Waals surface area contributed by atoms with Gasteiger partial charge in [-0.25, -0.2) is 13.6 Å². The molecule has 0 aliphatic heterocycles. The molecule has 0 spiro atoms. The third-order valence-corrected chi connectivity index (χ3v) is 4.47. The first-order chi connectivity index (χ1) is 9.85. The molecule has 21 heavy (non-hydrogen) atoms. The van der Waals surface area contributed by atoms with E-state index in [9.17, 15) is 13.2 Å². The van der Waals surface area contributed by atoms with Gasteiger partial charge in [-0.05, 0) is 42.9 Å². The van der Waals surface area contributed by atoms with E-state index in [-0.39, 0.29) is 18.2 Å². The summed E-state index contributed by atoms with van der Waals surface area (Å²) in [5.74, 6) is -0.0564. The van der Waals surface area contributed by atoms with Crippen molar-refractivity contribution in [2.75, 3.05) is 12.3 Å². The van der Waals surface area contributed by atoms with E-state index in [1.54, 1.807) is 12.1 Å². The SMILES string of the molecule is C=C1CC[C@H](c2ccc(C(=O)NCCS(N)(=O)=O)cc2)C1. The molecule has 5 nitrogen and oxygen atoms in total. The van der Waals surface area contributed by atoms with Crippen LogP contribution in [0.4, 0.5) is 0 Å². The van der Waals surface area contributed by atoms with Crippen LogP contribution in [0.3, 0.4) is 0 Å². The third kappa shape index (κ3) is 4.68. The summed E-state index contributed by atoms with van der Waals surface area (Å²) in [4.78, 5) is 11.9. The Kier molecular flexibility index (Phi) is 4.80. The quantitative estimate of drug-likeness (QED) is 0.808. The minimum atomic E-state index is -3.55. The topological polar surface area (TPSA) is 89.3 Å². The molecule has 1 saturated carbocycles. The van der Waals surface area contributed by atoms with Gasteiger partial charge in [-0.3, -0.25) is 4.79 Å². The fourth-order valence-electron chi connectivity index (χ4n) is 2.53. The molecule has 0 aromatic heterocycles. The lowest BCUT2D eigenvalue weighted by molar-refractivity contribution is 0.0956. The second kappa shape index (κ2) is 6.41. The summed E-state index contributed by atoms with van der Waals surface area (Å²) in [6.45, 7) is 4.02. The molecule has 1 amide bonds. The highest BCUT2D eigenvalue weighted by Gasteiger charge is 2.19. The van der Waals surface area contributed by atoms with Crippen LogP contribution < -0.4 is 10.5 Å². The average Bonchev–Trinajstić information content (AvgIpc) is 2.84. The van der Waals surface area contributed by atoms with Crippen molar-refractivity contribution in [3.63, 3.8) is 0 Å². The molecule has 0 bridgehead atoms. The number of rotatable bonds is 5. The van der Waals surface area contributed by atoms with Crippen LogP contribution in [0.1, 0.15) is 41.1 Å². The Labute approximate surface area is 125 Å². The van der Waals surface area contributed by atoms with Crippen LogP contribution in [0.15, 0.2) is 36.4 Å². The first-order valence-corrected chi connectivity index (χ1v) is 8.62.